The average molecular weight is 358 g/mol. The molecule has 2 aromatic rings. The molecule has 0 heterocycles. The SMILES string of the molecule is CCCOCc1ccccc1CNc1ccc([N+](=O)[O-])cc1C(=O)OC. The second-order valence-electron chi connectivity index (χ2n) is 5.65. The smallest absolute Gasteiger partial charge is 0.340 e. The van der Waals surface area contributed by atoms with Gasteiger partial charge in [-0.1, -0.05) is 31.2 Å². The van der Waals surface area contributed by atoms with Crippen LogP contribution in [0.1, 0.15) is 34.8 Å². The van der Waals surface area contributed by atoms with E-state index in [9.17, 15) is 14.9 Å². The first-order valence-electron chi connectivity index (χ1n) is 8.32. The molecule has 0 amide bonds. The first kappa shape index (κ1) is 19.4. The lowest BCUT2D eigenvalue weighted by Crippen LogP contribution is -2.10. The van der Waals surface area contributed by atoms with Gasteiger partial charge in [-0.2, -0.15) is 0 Å². The molecule has 7 nitrogen and oxygen atoms in total. The summed E-state index contributed by atoms with van der Waals surface area (Å²) < 4.78 is 10.3. The van der Waals surface area contributed by atoms with Crippen molar-refractivity contribution in [3.63, 3.8) is 0 Å². The number of anilines is 1. The molecule has 138 valence electrons. The zero-order valence-corrected chi connectivity index (χ0v) is 14.9. The molecule has 0 spiro atoms. The predicted octanol–water partition coefficient (Wildman–Crippen LogP) is 3.92. The van der Waals surface area contributed by atoms with Gasteiger partial charge >= 0.3 is 5.97 Å². The number of hydrogen-bond donors (Lipinski definition) is 1. The molecule has 1 N–H and O–H groups in total. The summed E-state index contributed by atoms with van der Waals surface area (Å²) >= 11 is 0. The molecule has 0 fully saturated rings. The first-order chi connectivity index (χ1) is 12.6. The molecular formula is C19H22N2O5. The lowest BCUT2D eigenvalue weighted by atomic mass is 10.1. The Morgan fingerprint density at radius 1 is 1.19 bits per heavy atom. The number of rotatable bonds is 9. The normalized spacial score (nSPS) is 10.4. The summed E-state index contributed by atoms with van der Waals surface area (Å²) in [5.41, 5.74) is 2.52. The van der Waals surface area contributed by atoms with E-state index in [1.165, 1.54) is 25.3 Å². The topological polar surface area (TPSA) is 90.7 Å². The molecule has 0 aliphatic carbocycles. The molecule has 0 saturated heterocycles. The van der Waals surface area contributed by atoms with E-state index < -0.39 is 10.9 Å². The van der Waals surface area contributed by atoms with Crippen molar-refractivity contribution < 1.29 is 19.2 Å². The Labute approximate surface area is 152 Å². The van der Waals surface area contributed by atoms with Crippen molar-refractivity contribution in [2.75, 3.05) is 19.0 Å². The lowest BCUT2D eigenvalue weighted by Gasteiger charge is -2.14. The van der Waals surface area contributed by atoms with Gasteiger partial charge in [0.1, 0.15) is 0 Å². The number of carbonyl (C=O) groups is 1. The fraction of sp³-hybridized carbons (Fsp3) is 0.316. The van der Waals surface area contributed by atoms with Crippen molar-refractivity contribution in [1.29, 1.82) is 0 Å². The maximum atomic E-state index is 12.0. The van der Waals surface area contributed by atoms with E-state index in [0.29, 0.717) is 25.4 Å². The monoisotopic (exact) mass is 358 g/mol. The number of nitro benzene ring substituents is 1. The minimum absolute atomic E-state index is 0.126. The average Bonchev–Trinajstić information content (AvgIpc) is 2.66. The number of benzene rings is 2. The second kappa shape index (κ2) is 9.53. The first-order valence-corrected chi connectivity index (χ1v) is 8.32. The number of non-ortho nitro benzene ring substituents is 1. The van der Waals surface area contributed by atoms with Crippen LogP contribution in [-0.4, -0.2) is 24.6 Å². The van der Waals surface area contributed by atoms with Gasteiger partial charge in [-0.3, -0.25) is 10.1 Å². The second-order valence-corrected chi connectivity index (χ2v) is 5.65. The zero-order chi connectivity index (χ0) is 18.9. The van der Waals surface area contributed by atoms with E-state index in [1.807, 2.05) is 24.3 Å². The maximum Gasteiger partial charge on any atom is 0.340 e. The Hall–Kier alpha value is -2.93. The third-order valence-corrected chi connectivity index (χ3v) is 3.81. The fourth-order valence-corrected chi connectivity index (χ4v) is 2.47. The summed E-state index contributed by atoms with van der Waals surface area (Å²) in [5.74, 6) is -0.629. The number of nitro groups is 1. The number of ether oxygens (including phenoxy) is 2. The molecule has 26 heavy (non-hydrogen) atoms. The molecule has 2 rings (SSSR count). The molecule has 0 radical (unpaired) electrons. The van der Waals surface area contributed by atoms with E-state index in [2.05, 4.69) is 12.2 Å². The van der Waals surface area contributed by atoms with Gasteiger partial charge in [0.2, 0.25) is 0 Å². The number of esters is 1. The zero-order valence-electron chi connectivity index (χ0n) is 14.9. The molecule has 0 aromatic heterocycles. The largest absolute Gasteiger partial charge is 0.465 e. The molecule has 0 bridgehead atoms. The van der Waals surface area contributed by atoms with Gasteiger partial charge in [-0.05, 0) is 23.6 Å². The van der Waals surface area contributed by atoms with Crippen LogP contribution in [-0.2, 0) is 22.6 Å². The maximum absolute atomic E-state index is 12.0. The van der Waals surface area contributed by atoms with Crippen LogP contribution in [0.15, 0.2) is 42.5 Å². The van der Waals surface area contributed by atoms with Crippen LogP contribution in [0.5, 0.6) is 0 Å². The number of methoxy groups -OCH3 is 1. The molecule has 2 aromatic carbocycles. The fourth-order valence-electron chi connectivity index (χ4n) is 2.47. The Morgan fingerprint density at radius 2 is 1.92 bits per heavy atom. The van der Waals surface area contributed by atoms with Crippen LogP contribution in [0, 0.1) is 10.1 Å². The quantitative estimate of drug-likeness (QED) is 0.316. The molecule has 0 atom stereocenters. The van der Waals surface area contributed by atoms with Crippen molar-refractivity contribution in [1.82, 2.24) is 0 Å². The molecule has 0 aliphatic heterocycles. The number of nitrogens with one attached hydrogen (secondary N) is 1. The van der Waals surface area contributed by atoms with Gasteiger partial charge in [-0.25, -0.2) is 4.79 Å². The van der Waals surface area contributed by atoms with Crippen LogP contribution in [0.4, 0.5) is 11.4 Å². The molecule has 0 aliphatic rings. The summed E-state index contributed by atoms with van der Waals surface area (Å²) in [6.07, 6.45) is 0.950. The summed E-state index contributed by atoms with van der Waals surface area (Å²) in [6.45, 7) is 3.70. The highest BCUT2D eigenvalue weighted by molar-refractivity contribution is 5.96. The number of carbonyl (C=O) groups excluding carboxylic acids is 1. The van der Waals surface area contributed by atoms with Crippen LogP contribution >= 0.6 is 0 Å². The van der Waals surface area contributed by atoms with Crippen molar-refractivity contribution in [3.05, 3.63) is 69.3 Å². The number of hydrogen-bond acceptors (Lipinski definition) is 6. The van der Waals surface area contributed by atoms with Crippen LogP contribution in [0.25, 0.3) is 0 Å². The molecular weight excluding hydrogens is 336 g/mol. The molecule has 0 saturated carbocycles. The standard InChI is InChI=1S/C19H22N2O5/c1-3-10-26-13-15-7-5-4-6-14(15)12-20-18-9-8-16(21(23)24)11-17(18)19(22)25-2/h4-9,11,20H,3,10,12-13H2,1-2H3. The van der Waals surface area contributed by atoms with Crippen LogP contribution < -0.4 is 5.32 Å². The van der Waals surface area contributed by atoms with Crippen molar-refractivity contribution >= 4 is 17.3 Å². The van der Waals surface area contributed by atoms with Gasteiger partial charge in [-0.15, -0.1) is 0 Å². The van der Waals surface area contributed by atoms with Gasteiger partial charge < -0.3 is 14.8 Å². The summed E-state index contributed by atoms with van der Waals surface area (Å²) in [5, 5.41) is 14.1. The van der Waals surface area contributed by atoms with Gasteiger partial charge in [0, 0.05) is 31.0 Å². The van der Waals surface area contributed by atoms with Crippen LogP contribution in [0.2, 0.25) is 0 Å². The Kier molecular flexibility index (Phi) is 7.11. The van der Waals surface area contributed by atoms with Gasteiger partial charge in [0.05, 0.1) is 24.2 Å². The van der Waals surface area contributed by atoms with E-state index in [0.717, 1.165) is 17.5 Å². The van der Waals surface area contributed by atoms with Crippen LogP contribution in [0.3, 0.4) is 0 Å². The highest BCUT2D eigenvalue weighted by atomic mass is 16.6. The Morgan fingerprint density at radius 3 is 2.58 bits per heavy atom. The summed E-state index contributed by atoms with van der Waals surface area (Å²) in [4.78, 5) is 22.4. The van der Waals surface area contributed by atoms with Crippen molar-refractivity contribution in [2.45, 2.75) is 26.5 Å². The van der Waals surface area contributed by atoms with E-state index in [-0.39, 0.29) is 11.3 Å². The van der Waals surface area contributed by atoms with Crippen molar-refractivity contribution in [3.8, 4) is 0 Å². The Bertz CT molecular complexity index is 776. The Balaban J connectivity index is 2.19. The minimum atomic E-state index is -0.629. The van der Waals surface area contributed by atoms with Gasteiger partial charge in [0.25, 0.3) is 5.69 Å². The summed E-state index contributed by atoms with van der Waals surface area (Å²) in [6, 6.07) is 11.9. The molecule has 7 heteroatoms. The van der Waals surface area contributed by atoms with E-state index in [1.54, 1.807) is 0 Å². The van der Waals surface area contributed by atoms with E-state index in [4.69, 9.17) is 9.47 Å². The van der Waals surface area contributed by atoms with Gasteiger partial charge in [0.15, 0.2) is 0 Å². The minimum Gasteiger partial charge on any atom is -0.465 e. The summed E-state index contributed by atoms with van der Waals surface area (Å²) in [7, 11) is 1.24. The third kappa shape index (κ3) is 5.03. The number of nitrogens with zero attached hydrogens (tertiary/aromatic N) is 1. The predicted molar refractivity (Wildman–Crippen MR) is 98.2 cm³/mol. The van der Waals surface area contributed by atoms with Crippen molar-refractivity contribution in [2.24, 2.45) is 0 Å². The highest BCUT2D eigenvalue weighted by Gasteiger charge is 2.17. The van der Waals surface area contributed by atoms with E-state index >= 15 is 0 Å². The lowest BCUT2D eigenvalue weighted by molar-refractivity contribution is -0.384. The molecule has 0 unspecified atom stereocenters. The highest BCUT2D eigenvalue weighted by Crippen LogP contribution is 2.24. The third-order valence-electron chi connectivity index (χ3n) is 3.81.